The third-order valence-electron chi connectivity index (χ3n) is 3.23. The highest BCUT2D eigenvalue weighted by atomic mass is 16.8. The predicted molar refractivity (Wildman–Crippen MR) is 64.5 cm³/mol. The number of carbonyl (C=O) groups is 1. The molecule has 0 aliphatic carbocycles. The topological polar surface area (TPSA) is 72.5 Å². The van der Waals surface area contributed by atoms with E-state index in [9.17, 15) is 4.79 Å². The van der Waals surface area contributed by atoms with Gasteiger partial charge in [0.15, 0.2) is 6.10 Å². The second-order valence-electron chi connectivity index (χ2n) is 4.39. The maximum atomic E-state index is 11.8. The van der Waals surface area contributed by atoms with Gasteiger partial charge in [-0.25, -0.2) is 4.79 Å². The number of carbonyl (C=O) groups excluding carboxylic acids is 1. The summed E-state index contributed by atoms with van der Waals surface area (Å²) in [6.45, 7) is 4.11. The molecular weight excluding hydrogens is 256 g/mol. The van der Waals surface area contributed by atoms with Gasteiger partial charge in [-0.15, -0.1) is 0 Å². The summed E-state index contributed by atoms with van der Waals surface area (Å²) in [4.78, 5) is 11.8. The van der Waals surface area contributed by atoms with Crippen LogP contribution < -0.4 is 0 Å². The minimum Gasteiger partial charge on any atom is -0.425 e. The Morgan fingerprint density at radius 3 is 2.26 bits per heavy atom. The fourth-order valence-corrected chi connectivity index (χ4v) is 1.67. The highest BCUT2D eigenvalue weighted by molar-refractivity contribution is 5.76. The van der Waals surface area contributed by atoms with Gasteiger partial charge in [-0.2, -0.15) is 0 Å². The van der Waals surface area contributed by atoms with E-state index in [-0.39, 0.29) is 6.61 Å². The molecule has 1 fully saturated rings. The average molecular weight is 278 g/mol. The maximum absolute atomic E-state index is 11.8. The Kier molecular flexibility index (Phi) is 5.69. The smallest absolute Gasteiger partial charge is 0.340 e. The molecule has 0 saturated carbocycles. The number of ether oxygens (including phenoxy) is 6. The SMILES string of the molecule is COCCOC[C@H]1O[C@](C)(OC)[C@@](C)(OC)OC1=O. The Morgan fingerprint density at radius 1 is 1.11 bits per heavy atom. The molecule has 112 valence electrons. The number of cyclic esters (lactones) is 1. The summed E-state index contributed by atoms with van der Waals surface area (Å²) in [6, 6.07) is 0. The van der Waals surface area contributed by atoms with Gasteiger partial charge in [0.1, 0.15) is 0 Å². The molecule has 0 radical (unpaired) electrons. The van der Waals surface area contributed by atoms with Gasteiger partial charge < -0.3 is 28.4 Å². The van der Waals surface area contributed by atoms with Crippen LogP contribution in [0, 0.1) is 0 Å². The van der Waals surface area contributed by atoms with Crippen LogP contribution >= 0.6 is 0 Å². The molecule has 1 heterocycles. The van der Waals surface area contributed by atoms with Crippen molar-refractivity contribution in [3.05, 3.63) is 0 Å². The lowest BCUT2D eigenvalue weighted by Gasteiger charge is -2.47. The van der Waals surface area contributed by atoms with Crippen molar-refractivity contribution >= 4 is 5.97 Å². The highest BCUT2D eigenvalue weighted by Gasteiger charge is 2.57. The van der Waals surface area contributed by atoms with Gasteiger partial charge >= 0.3 is 5.97 Å². The molecule has 1 rings (SSSR count). The van der Waals surface area contributed by atoms with Crippen molar-refractivity contribution in [1.29, 1.82) is 0 Å². The molecule has 0 amide bonds. The molecule has 7 nitrogen and oxygen atoms in total. The van der Waals surface area contributed by atoms with E-state index in [1.165, 1.54) is 14.2 Å². The van der Waals surface area contributed by atoms with E-state index in [4.69, 9.17) is 28.4 Å². The normalized spacial score (nSPS) is 35.2. The van der Waals surface area contributed by atoms with Crippen molar-refractivity contribution in [3.63, 3.8) is 0 Å². The van der Waals surface area contributed by atoms with Crippen molar-refractivity contribution in [2.45, 2.75) is 31.5 Å². The first-order valence-corrected chi connectivity index (χ1v) is 6.00. The van der Waals surface area contributed by atoms with E-state index in [1.54, 1.807) is 21.0 Å². The lowest BCUT2D eigenvalue weighted by molar-refractivity contribution is -0.407. The molecule has 0 unspecified atom stereocenters. The van der Waals surface area contributed by atoms with E-state index in [0.717, 1.165) is 0 Å². The van der Waals surface area contributed by atoms with Gasteiger partial charge in [0.2, 0.25) is 5.79 Å². The largest absolute Gasteiger partial charge is 0.425 e. The van der Waals surface area contributed by atoms with Crippen LogP contribution in [-0.2, 0) is 33.2 Å². The molecule has 1 aliphatic rings. The number of hydrogen-bond donors (Lipinski definition) is 0. The monoisotopic (exact) mass is 278 g/mol. The molecule has 7 heteroatoms. The van der Waals surface area contributed by atoms with Gasteiger partial charge in [0.25, 0.3) is 5.79 Å². The van der Waals surface area contributed by atoms with Crippen LogP contribution in [0.1, 0.15) is 13.8 Å². The van der Waals surface area contributed by atoms with Crippen LogP contribution in [0.25, 0.3) is 0 Å². The molecule has 0 aromatic rings. The first-order chi connectivity index (χ1) is 8.92. The van der Waals surface area contributed by atoms with Crippen LogP contribution in [0.4, 0.5) is 0 Å². The molecule has 1 aliphatic heterocycles. The third-order valence-corrected chi connectivity index (χ3v) is 3.23. The fourth-order valence-electron chi connectivity index (χ4n) is 1.67. The van der Waals surface area contributed by atoms with E-state index in [2.05, 4.69) is 0 Å². The minimum atomic E-state index is -1.30. The Hall–Kier alpha value is -0.730. The van der Waals surface area contributed by atoms with Crippen LogP contribution in [0.3, 0.4) is 0 Å². The van der Waals surface area contributed by atoms with Crippen LogP contribution in [0.5, 0.6) is 0 Å². The standard InChI is InChI=1S/C12H22O7/c1-11(15-4)12(2,16-5)19-10(13)9(18-11)8-17-7-6-14-3/h9H,6-8H2,1-5H3/t9-,11+,12+/m1/s1. The van der Waals surface area contributed by atoms with E-state index in [0.29, 0.717) is 13.2 Å². The van der Waals surface area contributed by atoms with Crippen molar-refractivity contribution < 1.29 is 33.2 Å². The third kappa shape index (κ3) is 3.43. The maximum Gasteiger partial charge on any atom is 0.340 e. The van der Waals surface area contributed by atoms with Crippen molar-refractivity contribution in [2.75, 3.05) is 41.2 Å². The number of methoxy groups -OCH3 is 3. The highest BCUT2D eigenvalue weighted by Crippen LogP contribution is 2.36. The van der Waals surface area contributed by atoms with Gasteiger partial charge in [-0.3, -0.25) is 0 Å². The van der Waals surface area contributed by atoms with E-state index < -0.39 is 23.6 Å². The van der Waals surface area contributed by atoms with Crippen LogP contribution in [0.2, 0.25) is 0 Å². The van der Waals surface area contributed by atoms with Crippen LogP contribution in [0.15, 0.2) is 0 Å². The van der Waals surface area contributed by atoms with Gasteiger partial charge in [-0.05, 0) is 6.92 Å². The zero-order valence-corrected chi connectivity index (χ0v) is 12.1. The summed E-state index contributed by atoms with van der Waals surface area (Å²) in [5, 5.41) is 0. The first kappa shape index (κ1) is 16.3. The summed E-state index contributed by atoms with van der Waals surface area (Å²) >= 11 is 0. The molecule has 3 atom stereocenters. The van der Waals surface area contributed by atoms with Crippen molar-refractivity contribution in [1.82, 2.24) is 0 Å². The van der Waals surface area contributed by atoms with Gasteiger partial charge in [0.05, 0.1) is 19.8 Å². The van der Waals surface area contributed by atoms with Gasteiger partial charge in [0, 0.05) is 28.3 Å². The zero-order valence-electron chi connectivity index (χ0n) is 12.1. The summed E-state index contributed by atoms with van der Waals surface area (Å²) in [5.74, 6) is -3.05. The second-order valence-corrected chi connectivity index (χ2v) is 4.39. The van der Waals surface area contributed by atoms with E-state index >= 15 is 0 Å². The number of hydrogen-bond acceptors (Lipinski definition) is 7. The first-order valence-electron chi connectivity index (χ1n) is 6.00. The van der Waals surface area contributed by atoms with Crippen LogP contribution in [-0.4, -0.2) is 64.8 Å². The molecule has 0 aromatic carbocycles. The summed E-state index contributed by atoms with van der Waals surface area (Å²) < 4.78 is 31.5. The predicted octanol–water partition coefficient (Wildman–Crippen LogP) is 0.317. The van der Waals surface area contributed by atoms with Gasteiger partial charge in [-0.1, -0.05) is 0 Å². The van der Waals surface area contributed by atoms with Crippen molar-refractivity contribution in [3.8, 4) is 0 Å². The molecule has 0 aromatic heterocycles. The molecular formula is C12H22O7. The number of esters is 1. The van der Waals surface area contributed by atoms with E-state index in [1.807, 2.05) is 0 Å². The molecule has 0 N–H and O–H groups in total. The Morgan fingerprint density at radius 2 is 1.74 bits per heavy atom. The minimum absolute atomic E-state index is 0.0704. The zero-order chi connectivity index (χ0) is 14.5. The molecule has 0 spiro atoms. The second kappa shape index (κ2) is 6.62. The summed E-state index contributed by atoms with van der Waals surface area (Å²) in [7, 11) is 4.45. The lowest BCUT2D eigenvalue weighted by Crippen LogP contribution is -2.64. The lowest BCUT2D eigenvalue weighted by atomic mass is 10.1. The average Bonchev–Trinajstić information content (AvgIpc) is 2.40. The summed E-state index contributed by atoms with van der Waals surface area (Å²) in [5.41, 5.74) is 0. The van der Waals surface area contributed by atoms with Crippen molar-refractivity contribution in [2.24, 2.45) is 0 Å². The summed E-state index contributed by atoms with van der Waals surface area (Å²) in [6.07, 6.45) is -0.856. The molecule has 19 heavy (non-hydrogen) atoms. The fraction of sp³-hybridized carbons (Fsp3) is 0.917. The number of rotatable bonds is 7. The Labute approximate surface area is 113 Å². The Bertz CT molecular complexity index is 308. The molecule has 1 saturated heterocycles. The Balaban J connectivity index is 2.65. The molecule has 0 bridgehead atoms. The quantitative estimate of drug-likeness (QED) is 0.490.